The van der Waals surface area contributed by atoms with E-state index in [2.05, 4.69) is 10.3 Å². The lowest BCUT2D eigenvalue weighted by molar-refractivity contribution is 0.0940. The number of amides is 1. The third-order valence-electron chi connectivity index (χ3n) is 4.55. The second-order valence-corrected chi connectivity index (χ2v) is 7.46. The van der Waals surface area contributed by atoms with Crippen LogP contribution in [-0.4, -0.2) is 10.9 Å². The van der Waals surface area contributed by atoms with Crippen LogP contribution < -0.4 is 10.1 Å². The molecule has 140 valence electrons. The molecule has 1 heterocycles. The van der Waals surface area contributed by atoms with Gasteiger partial charge in [0.1, 0.15) is 12.4 Å². The van der Waals surface area contributed by atoms with Gasteiger partial charge in [0.25, 0.3) is 5.91 Å². The zero-order valence-electron chi connectivity index (χ0n) is 15.5. The Labute approximate surface area is 167 Å². The summed E-state index contributed by atoms with van der Waals surface area (Å²) >= 11 is 1.53. The van der Waals surface area contributed by atoms with E-state index in [1.807, 2.05) is 79.7 Å². The van der Waals surface area contributed by atoms with Gasteiger partial charge in [0.2, 0.25) is 0 Å². The summed E-state index contributed by atoms with van der Waals surface area (Å²) in [5.41, 5.74) is 5.46. The van der Waals surface area contributed by atoms with E-state index in [9.17, 15) is 4.79 Å². The first-order valence-corrected chi connectivity index (χ1v) is 9.98. The van der Waals surface area contributed by atoms with Crippen molar-refractivity contribution in [1.82, 2.24) is 10.3 Å². The van der Waals surface area contributed by atoms with Gasteiger partial charge < -0.3 is 10.1 Å². The number of fused-ring (bicyclic) bond motifs is 1. The molecule has 4 rings (SSSR count). The van der Waals surface area contributed by atoms with Crippen molar-refractivity contribution in [2.45, 2.75) is 19.6 Å². The van der Waals surface area contributed by atoms with Crippen LogP contribution in [0.2, 0.25) is 0 Å². The van der Waals surface area contributed by atoms with Crippen LogP contribution in [0.1, 0.15) is 34.5 Å². The first-order valence-electron chi connectivity index (χ1n) is 9.10. The van der Waals surface area contributed by atoms with Crippen molar-refractivity contribution in [1.29, 1.82) is 0 Å². The van der Waals surface area contributed by atoms with Crippen molar-refractivity contribution in [3.05, 3.63) is 95.0 Å². The molecule has 1 aromatic heterocycles. The molecule has 0 aliphatic heterocycles. The number of aromatic nitrogens is 1. The van der Waals surface area contributed by atoms with Crippen LogP contribution in [-0.2, 0) is 6.61 Å². The Balaban J connectivity index is 1.42. The molecular formula is C23H20N2O2S. The number of carbonyl (C=O) groups excluding carboxylic acids is 1. The number of rotatable bonds is 6. The number of benzene rings is 3. The van der Waals surface area contributed by atoms with Crippen LogP contribution in [0, 0.1) is 0 Å². The summed E-state index contributed by atoms with van der Waals surface area (Å²) in [6.07, 6.45) is 0. The summed E-state index contributed by atoms with van der Waals surface area (Å²) in [5, 5.41) is 3.06. The smallest absolute Gasteiger partial charge is 0.251 e. The van der Waals surface area contributed by atoms with E-state index < -0.39 is 0 Å². The molecule has 28 heavy (non-hydrogen) atoms. The summed E-state index contributed by atoms with van der Waals surface area (Å²) in [7, 11) is 0. The van der Waals surface area contributed by atoms with Crippen LogP contribution in [0.4, 0.5) is 0 Å². The highest BCUT2D eigenvalue weighted by Crippen LogP contribution is 2.22. The number of carbonyl (C=O) groups is 1. The second-order valence-electron chi connectivity index (χ2n) is 6.58. The quantitative estimate of drug-likeness (QED) is 0.483. The minimum atomic E-state index is -0.134. The molecule has 0 spiro atoms. The lowest BCUT2D eigenvalue weighted by Crippen LogP contribution is -2.26. The van der Waals surface area contributed by atoms with E-state index in [-0.39, 0.29) is 11.9 Å². The lowest BCUT2D eigenvalue weighted by Gasteiger charge is -2.16. The maximum absolute atomic E-state index is 12.6. The van der Waals surface area contributed by atoms with Crippen molar-refractivity contribution in [2.75, 3.05) is 0 Å². The third kappa shape index (κ3) is 4.21. The lowest BCUT2D eigenvalue weighted by atomic mass is 10.1. The molecule has 0 bridgehead atoms. The molecule has 1 amide bonds. The van der Waals surface area contributed by atoms with Crippen LogP contribution in [0.3, 0.4) is 0 Å². The van der Waals surface area contributed by atoms with Gasteiger partial charge in [0.15, 0.2) is 0 Å². The molecule has 1 atom stereocenters. The fourth-order valence-corrected chi connectivity index (χ4v) is 3.69. The highest BCUT2D eigenvalue weighted by molar-refractivity contribution is 7.16. The van der Waals surface area contributed by atoms with Gasteiger partial charge in [-0.1, -0.05) is 42.5 Å². The zero-order chi connectivity index (χ0) is 19.3. The largest absolute Gasteiger partial charge is 0.489 e. The molecule has 4 aromatic rings. The highest BCUT2D eigenvalue weighted by atomic mass is 32.1. The number of hydrogen-bond donors (Lipinski definition) is 1. The molecule has 5 heteroatoms. The molecular weight excluding hydrogens is 368 g/mol. The summed E-state index contributed by atoms with van der Waals surface area (Å²) in [6, 6.07) is 23.3. The van der Waals surface area contributed by atoms with E-state index in [0.29, 0.717) is 12.2 Å². The van der Waals surface area contributed by atoms with E-state index in [1.54, 1.807) is 5.51 Å². The van der Waals surface area contributed by atoms with Gasteiger partial charge in [-0.25, -0.2) is 4.98 Å². The van der Waals surface area contributed by atoms with Crippen LogP contribution in [0.5, 0.6) is 5.75 Å². The number of thiazole rings is 1. The van der Waals surface area contributed by atoms with Crippen molar-refractivity contribution in [2.24, 2.45) is 0 Å². The second kappa shape index (κ2) is 8.23. The SMILES string of the molecule is C[C@H](NC(=O)c1ccc2ncsc2c1)c1cccc(OCc2ccccc2)c1. The van der Waals surface area contributed by atoms with Gasteiger partial charge >= 0.3 is 0 Å². The first kappa shape index (κ1) is 18.2. The Morgan fingerprint density at radius 2 is 1.93 bits per heavy atom. The van der Waals surface area contributed by atoms with Gasteiger partial charge in [0, 0.05) is 5.56 Å². The topological polar surface area (TPSA) is 51.2 Å². The highest BCUT2D eigenvalue weighted by Gasteiger charge is 2.13. The molecule has 1 N–H and O–H groups in total. The standard InChI is InChI=1S/C23H20N2O2S/c1-16(25-23(26)19-10-11-21-22(13-19)28-15-24-21)18-8-5-9-20(12-18)27-14-17-6-3-2-4-7-17/h2-13,15-16H,14H2,1H3,(H,25,26)/t16-/m0/s1. The number of nitrogens with zero attached hydrogens (tertiary/aromatic N) is 1. The van der Waals surface area contributed by atoms with Crippen LogP contribution in [0.25, 0.3) is 10.2 Å². The summed E-state index contributed by atoms with van der Waals surface area (Å²) in [4.78, 5) is 16.9. The van der Waals surface area contributed by atoms with Gasteiger partial charge in [0.05, 0.1) is 21.8 Å². The fourth-order valence-electron chi connectivity index (χ4n) is 2.97. The third-order valence-corrected chi connectivity index (χ3v) is 5.34. The van der Waals surface area contributed by atoms with Gasteiger partial charge in [-0.2, -0.15) is 0 Å². The molecule has 3 aromatic carbocycles. The van der Waals surface area contributed by atoms with Crippen molar-refractivity contribution in [3.63, 3.8) is 0 Å². The minimum Gasteiger partial charge on any atom is -0.489 e. The predicted octanol–water partition coefficient (Wildman–Crippen LogP) is 5.37. The summed E-state index contributed by atoms with van der Waals surface area (Å²) < 4.78 is 6.90. The van der Waals surface area contributed by atoms with Gasteiger partial charge in [-0.15, -0.1) is 11.3 Å². The average molecular weight is 388 g/mol. The van der Waals surface area contributed by atoms with Crippen molar-refractivity contribution >= 4 is 27.5 Å². The van der Waals surface area contributed by atoms with Crippen molar-refractivity contribution < 1.29 is 9.53 Å². The normalized spacial score (nSPS) is 11.9. The van der Waals surface area contributed by atoms with E-state index >= 15 is 0 Å². The Kier molecular flexibility index (Phi) is 5.35. The maximum atomic E-state index is 12.6. The average Bonchev–Trinajstić information content (AvgIpc) is 3.21. The predicted molar refractivity (Wildman–Crippen MR) is 113 cm³/mol. The molecule has 0 saturated carbocycles. The molecule has 0 fully saturated rings. The molecule has 0 aliphatic rings. The Morgan fingerprint density at radius 1 is 1.07 bits per heavy atom. The Hall–Kier alpha value is -3.18. The molecule has 4 nitrogen and oxygen atoms in total. The Bertz CT molecular complexity index is 1090. The number of ether oxygens (including phenoxy) is 1. The molecule has 0 saturated heterocycles. The summed E-state index contributed by atoms with van der Waals surface area (Å²) in [5.74, 6) is 0.687. The zero-order valence-corrected chi connectivity index (χ0v) is 16.3. The van der Waals surface area contributed by atoms with Crippen molar-refractivity contribution in [3.8, 4) is 5.75 Å². The van der Waals surface area contributed by atoms with E-state index in [0.717, 1.165) is 27.1 Å². The Morgan fingerprint density at radius 3 is 2.79 bits per heavy atom. The summed E-state index contributed by atoms with van der Waals surface area (Å²) in [6.45, 7) is 2.49. The van der Waals surface area contributed by atoms with Gasteiger partial charge in [-0.3, -0.25) is 4.79 Å². The fraction of sp³-hybridized carbons (Fsp3) is 0.130. The molecule has 0 aliphatic carbocycles. The van der Waals surface area contributed by atoms with E-state index in [4.69, 9.17) is 4.74 Å². The minimum absolute atomic E-state index is 0.0987. The first-order chi connectivity index (χ1) is 13.7. The van der Waals surface area contributed by atoms with E-state index in [1.165, 1.54) is 11.3 Å². The monoisotopic (exact) mass is 388 g/mol. The molecule has 0 unspecified atom stereocenters. The number of hydrogen-bond acceptors (Lipinski definition) is 4. The van der Waals surface area contributed by atoms with Gasteiger partial charge in [-0.05, 0) is 48.4 Å². The van der Waals surface area contributed by atoms with Crippen LogP contribution >= 0.6 is 11.3 Å². The number of nitrogens with one attached hydrogen (secondary N) is 1. The maximum Gasteiger partial charge on any atom is 0.251 e. The molecule has 0 radical (unpaired) electrons. The van der Waals surface area contributed by atoms with Crippen LogP contribution in [0.15, 0.2) is 78.3 Å².